The Morgan fingerprint density at radius 1 is 1.39 bits per heavy atom. The Morgan fingerprint density at radius 2 is 2.04 bits per heavy atom. The topological polar surface area (TPSA) is 72.7 Å². The molecule has 0 heterocycles. The Labute approximate surface area is 140 Å². The van der Waals surface area contributed by atoms with Crippen LogP contribution >= 0.6 is 11.6 Å². The molecule has 0 spiro atoms. The van der Waals surface area contributed by atoms with Crippen molar-refractivity contribution in [2.45, 2.75) is 38.6 Å². The molecule has 2 rings (SSSR count). The summed E-state index contributed by atoms with van der Waals surface area (Å²) >= 11 is 5.75. The molecule has 1 fully saturated rings. The number of rotatable bonds is 5. The van der Waals surface area contributed by atoms with Crippen LogP contribution in [0.4, 0.5) is 5.69 Å². The van der Waals surface area contributed by atoms with Crippen molar-refractivity contribution in [3.05, 3.63) is 33.3 Å². The SMILES string of the molecule is CC1CCC(N(C)C(=O)COc2ccc(Cl)cc2[N+](=O)[O-])CC1. The summed E-state index contributed by atoms with van der Waals surface area (Å²) in [5.74, 6) is 0.593. The van der Waals surface area contributed by atoms with E-state index in [1.807, 2.05) is 0 Å². The van der Waals surface area contributed by atoms with Crippen LogP contribution in [-0.4, -0.2) is 35.4 Å². The van der Waals surface area contributed by atoms with Crippen molar-refractivity contribution in [1.29, 1.82) is 0 Å². The summed E-state index contributed by atoms with van der Waals surface area (Å²) in [5, 5.41) is 11.3. The van der Waals surface area contributed by atoms with Crippen LogP contribution in [0, 0.1) is 16.0 Å². The summed E-state index contributed by atoms with van der Waals surface area (Å²) in [4.78, 5) is 24.4. The molecule has 1 saturated carbocycles. The maximum atomic E-state index is 12.3. The number of nitro benzene ring substituents is 1. The van der Waals surface area contributed by atoms with E-state index in [1.165, 1.54) is 18.2 Å². The quantitative estimate of drug-likeness (QED) is 0.605. The number of carbonyl (C=O) groups excluding carboxylic acids is 1. The normalized spacial score (nSPS) is 20.8. The van der Waals surface area contributed by atoms with Gasteiger partial charge < -0.3 is 9.64 Å². The number of benzene rings is 1. The van der Waals surface area contributed by atoms with Gasteiger partial charge >= 0.3 is 5.69 Å². The first kappa shape index (κ1) is 17.5. The minimum absolute atomic E-state index is 0.0541. The molecule has 0 saturated heterocycles. The number of ether oxygens (including phenoxy) is 1. The first-order valence-corrected chi connectivity index (χ1v) is 8.08. The summed E-state index contributed by atoms with van der Waals surface area (Å²) in [6.45, 7) is 2.01. The van der Waals surface area contributed by atoms with Gasteiger partial charge in [0.15, 0.2) is 12.4 Å². The maximum absolute atomic E-state index is 12.3. The molecule has 6 nitrogen and oxygen atoms in total. The molecule has 23 heavy (non-hydrogen) atoms. The third-order valence-corrected chi connectivity index (χ3v) is 4.63. The highest BCUT2D eigenvalue weighted by atomic mass is 35.5. The van der Waals surface area contributed by atoms with Gasteiger partial charge in [-0.15, -0.1) is 0 Å². The zero-order valence-corrected chi connectivity index (χ0v) is 14.1. The number of amides is 1. The van der Waals surface area contributed by atoms with Gasteiger partial charge in [0, 0.05) is 24.2 Å². The van der Waals surface area contributed by atoms with E-state index in [-0.39, 0.29) is 35.0 Å². The van der Waals surface area contributed by atoms with Crippen molar-refractivity contribution >= 4 is 23.2 Å². The van der Waals surface area contributed by atoms with E-state index in [2.05, 4.69) is 6.92 Å². The van der Waals surface area contributed by atoms with Crippen LogP contribution in [0.25, 0.3) is 0 Å². The first-order chi connectivity index (χ1) is 10.9. The zero-order valence-electron chi connectivity index (χ0n) is 13.3. The van der Waals surface area contributed by atoms with Crippen molar-refractivity contribution < 1.29 is 14.5 Å². The minimum atomic E-state index is -0.572. The van der Waals surface area contributed by atoms with Crippen molar-refractivity contribution in [2.24, 2.45) is 5.92 Å². The summed E-state index contributed by atoms with van der Waals surface area (Å²) < 4.78 is 5.36. The van der Waals surface area contributed by atoms with Crippen LogP contribution in [0.3, 0.4) is 0 Å². The van der Waals surface area contributed by atoms with Gasteiger partial charge in [-0.1, -0.05) is 18.5 Å². The van der Waals surface area contributed by atoms with Crippen LogP contribution in [-0.2, 0) is 4.79 Å². The number of halogens is 1. The Hall–Kier alpha value is -1.82. The fraction of sp³-hybridized carbons (Fsp3) is 0.562. The van der Waals surface area contributed by atoms with E-state index < -0.39 is 4.92 Å². The molecule has 1 aromatic carbocycles. The largest absolute Gasteiger partial charge is 0.477 e. The average molecular weight is 341 g/mol. The number of nitro groups is 1. The fourth-order valence-corrected chi connectivity index (χ4v) is 3.00. The summed E-state index contributed by atoms with van der Waals surface area (Å²) in [6, 6.07) is 4.35. The average Bonchev–Trinajstić information content (AvgIpc) is 2.53. The van der Waals surface area contributed by atoms with E-state index in [0.29, 0.717) is 5.92 Å². The van der Waals surface area contributed by atoms with Crippen molar-refractivity contribution in [2.75, 3.05) is 13.7 Å². The van der Waals surface area contributed by atoms with Gasteiger partial charge in [0.25, 0.3) is 5.91 Å². The Bertz CT molecular complexity index is 585. The smallest absolute Gasteiger partial charge is 0.312 e. The maximum Gasteiger partial charge on any atom is 0.312 e. The van der Waals surface area contributed by atoms with Gasteiger partial charge in [0.2, 0.25) is 0 Å². The molecular formula is C16H21ClN2O4. The van der Waals surface area contributed by atoms with Gasteiger partial charge in [-0.05, 0) is 43.7 Å². The summed E-state index contributed by atoms with van der Waals surface area (Å²) in [7, 11) is 1.77. The number of nitrogens with zero attached hydrogens (tertiary/aromatic N) is 2. The van der Waals surface area contributed by atoms with Gasteiger partial charge in [-0.25, -0.2) is 0 Å². The molecule has 1 aliphatic rings. The van der Waals surface area contributed by atoms with Crippen LogP contribution in [0.5, 0.6) is 5.75 Å². The highest BCUT2D eigenvalue weighted by Crippen LogP contribution is 2.30. The fourth-order valence-electron chi connectivity index (χ4n) is 2.83. The minimum Gasteiger partial charge on any atom is -0.477 e. The second-order valence-corrected chi connectivity index (χ2v) is 6.51. The number of hydrogen-bond acceptors (Lipinski definition) is 4. The molecule has 126 valence electrons. The first-order valence-electron chi connectivity index (χ1n) is 7.71. The summed E-state index contributed by atoms with van der Waals surface area (Å²) in [5.41, 5.74) is -0.237. The lowest BCUT2D eigenvalue weighted by Gasteiger charge is -2.33. The molecule has 0 aliphatic heterocycles. The molecular weight excluding hydrogens is 320 g/mol. The Morgan fingerprint density at radius 3 is 2.65 bits per heavy atom. The highest BCUT2D eigenvalue weighted by Gasteiger charge is 2.25. The molecule has 0 unspecified atom stereocenters. The van der Waals surface area contributed by atoms with Crippen molar-refractivity contribution in [1.82, 2.24) is 4.90 Å². The lowest BCUT2D eigenvalue weighted by Crippen LogP contribution is -2.41. The lowest BCUT2D eigenvalue weighted by atomic mass is 9.87. The van der Waals surface area contributed by atoms with Gasteiger partial charge in [0.05, 0.1) is 4.92 Å². The van der Waals surface area contributed by atoms with Crippen LogP contribution in [0.1, 0.15) is 32.6 Å². The lowest BCUT2D eigenvalue weighted by molar-refractivity contribution is -0.385. The molecule has 0 radical (unpaired) electrons. The molecule has 1 aromatic rings. The standard InChI is InChI=1S/C16H21ClN2O4/c1-11-3-6-13(7-4-11)18(2)16(20)10-23-15-8-5-12(17)9-14(15)19(21)22/h5,8-9,11,13H,3-4,6-7,10H2,1-2H3. The third kappa shape index (κ3) is 4.58. The highest BCUT2D eigenvalue weighted by molar-refractivity contribution is 6.30. The molecule has 0 N–H and O–H groups in total. The zero-order chi connectivity index (χ0) is 17.0. The van der Waals surface area contributed by atoms with E-state index in [9.17, 15) is 14.9 Å². The predicted molar refractivity (Wildman–Crippen MR) is 87.8 cm³/mol. The molecule has 0 aromatic heterocycles. The van der Waals surface area contributed by atoms with Crippen LogP contribution in [0.2, 0.25) is 5.02 Å². The summed E-state index contributed by atoms with van der Waals surface area (Å²) in [6.07, 6.45) is 4.21. The molecule has 0 atom stereocenters. The Balaban J connectivity index is 1.95. The second-order valence-electron chi connectivity index (χ2n) is 6.08. The number of carbonyl (C=O) groups is 1. The predicted octanol–water partition coefficient (Wildman–Crippen LogP) is 3.66. The number of hydrogen-bond donors (Lipinski definition) is 0. The third-order valence-electron chi connectivity index (χ3n) is 4.40. The van der Waals surface area contributed by atoms with Gasteiger partial charge in [-0.2, -0.15) is 0 Å². The monoisotopic (exact) mass is 340 g/mol. The van der Waals surface area contributed by atoms with E-state index in [1.54, 1.807) is 11.9 Å². The van der Waals surface area contributed by atoms with Crippen LogP contribution in [0.15, 0.2) is 18.2 Å². The molecule has 1 amide bonds. The van der Waals surface area contributed by atoms with Crippen molar-refractivity contribution in [3.8, 4) is 5.75 Å². The van der Waals surface area contributed by atoms with Crippen LogP contribution < -0.4 is 4.74 Å². The van der Waals surface area contributed by atoms with E-state index in [0.717, 1.165) is 25.7 Å². The number of likely N-dealkylation sites (N-methyl/N-ethyl adjacent to an activating group) is 1. The van der Waals surface area contributed by atoms with Crippen molar-refractivity contribution in [3.63, 3.8) is 0 Å². The van der Waals surface area contributed by atoms with E-state index >= 15 is 0 Å². The van der Waals surface area contributed by atoms with Gasteiger partial charge in [-0.3, -0.25) is 14.9 Å². The molecule has 1 aliphatic carbocycles. The second kappa shape index (κ2) is 7.64. The molecule has 0 bridgehead atoms. The van der Waals surface area contributed by atoms with Gasteiger partial charge in [0.1, 0.15) is 0 Å². The Kier molecular flexibility index (Phi) is 5.82. The van der Waals surface area contributed by atoms with E-state index in [4.69, 9.17) is 16.3 Å². The molecule has 7 heteroatoms.